The maximum absolute atomic E-state index is 12.7. The number of carbonyl (C=O) groups excluding carboxylic acids is 2. The predicted octanol–water partition coefficient (Wildman–Crippen LogP) is 6.45. The Morgan fingerprint density at radius 1 is 0.700 bits per heavy atom. The Hall–Kier alpha value is -2.31. The van der Waals surface area contributed by atoms with Crippen molar-refractivity contribution in [1.29, 1.82) is 0 Å². The van der Waals surface area contributed by atoms with Crippen molar-refractivity contribution in [2.24, 2.45) is 0 Å². The van der Waals surface area contributed by atoms with Gasteiger partial charge in [0.05, 0.1) is 17.0 Å². The zero-order valence-corrected chi connectivity index (χ0v) is 35.8. The number of carbonyl (C=O) groups is 2. The molecule has 0 aliphatic heterocycles. The zero-order chi connectivity index (χ0) is 36.8. The van der Waals surface area contributed by atoms with Gasteiger partial charge in [-0.25, -0.2) is 0 Å². The van der Waals surface area contributed by atoms with Gasteiger partial charge in [0.25, 0.3) is 10.1 Å². The van der Waals surface area contributed by atoms with E-state index in [9.17, 15) is 18.0 Å². The number of thioether (sulfide) groups is 1. The van der Waals surface area contributed by atoms with E-state index in [1.807, 2.05) is 79.6 Å². The molecule has 0 spiro atoms. The topological polar surface area (TPSA) is 87.4 Å². The molecular weight excluding hydrogens is 696 g/mol. The summed E-state index contributed by atoms with van der Waals surface area (Å²) in [5, 5.41) is 2.45. The Kier molecular flexibility index (Phi) is 16.6. The molecule has 0 aliphatic carbocycles. The van der Waals surface area contributed by atoms with Gasteiger partial charge in [-0.1, -0.05) is 61.0 Å². The molecule has 0 N–H and O–H groups in total. The summed E-state index contributed by atoms with van der Waals surface area (Å²) in [6, 6.07) is 22.5. The Balaban J connectivity index is 0.000000345. The van der Waals surface area contributed by atoms with Crippen LogP contribution in [0.3, 0.4) is 0 Å². The van der Waals surface area contributed by atoms with Crippen LogP contribution in [0.25, 0.3) is 21.8 Å². The van der Waals surface area contributed by atoms with Crippen LogP contribution in [-0.2, 0) is 26.9 Å². The van der Waals surface area contributed by atoms with Gasteiger partial charge in [0.1, 0.15) is 0 Å². The third kappa shape index (κ3) is 9.37. The van der Waals surface area contributed by atoms with Gasteiger partial charge in [-0.3, -0.25) is 13.8 Å². The summed E-state index contributed by atoms with van der Waals surface area (Å²) in [6.45, 7) is 17.1. The number of aromatic nitrogens is 2. The molecule has 0 saturated carbocycles. The number of nitrogens with zero attached hydrogens (tertiary/aromatic N) is 2. The first kappa shape index (κ1) is 43.9. The molecule has 3 aromatic carbocycles. The van der Waals surface area contributed by atoms with E-state index in [4.69, 9.17) is 4.18 Å². The minimum absolute atomic E-state index is 0. The van der Waals surface area contributed by atoms with Crippen molar-refractivity contribution >= 4 is 67.9 Å². The molecule has 264 valence electrons. The van der Waals surface area contributed by atoms with Crippen LogP contribution in [0.2, 0.25) is 0 Å². The molecule has 5 aromatic rings. The maximum Gasteiger partial charge on any atom is 1.00 e. The van der Waals surface area contributed by atoms with Crippen LogP contribution in [0.1, 0.15) is 91.3 Å². The van der Waals surface area contributed by atoms with Gasteiger partial charge in [-0.15, -0.1) is 0 Å². The van der Waals surface area contributed by atoms with Crippen molar-refractivity contribution in [3.63, 3.8) is 0 Å². The second kappa shape index (κ2) is 19.0. The molecule has 2 heterocycles. The molecule has 11 heteroatoms. The van der Waals surface area contributed by atoms with Gasteiger partial charge < -0.3 is 21.8 Å². The fourth-order valence-electron chi connectivity index (χ4n) is 6.38. The molecule has 0 amide bonds. The molecular formula is C39H49N2NaO5S3. The van der Waals surface area contributed by atoms with Crippen LogP contribution in [0.4, 0.5) is 0 Å². The Labute approximate surface area is 330 Å². The molecule has 0 saturated heterocycles. The first-order valence-corrected chi connectivity index (χ1v) is 19.8. The van der Waals surface area contributed by atoms with Crippen LogP contribution in [0.5, 0.6) is 0 Å². The van der Waals surface area contributed by atoms with Crippen molar-refractivity contribution in [1.82, 2.24) is 9.13 Å². The fraction of sp³-hybridized carbons (Fsp3) is 0.385. The van der Waals surface area contributed by atoms with Gasteiger partial charge in [0.15, 0.2) is 11.6 Å². The minimum atomic E-state index is -3.89. The second-order valence-corrected chi connectivity index (χ2v) is 15.1. The number of hydrogen-bond acceptors (Lipinski definition) is 7. The molecule has 0 fully saturated rings. The molecule has 4 atom stereocenters. The number of para-hydroxylation sites is 2. The number of hydrogen-bond donors (Lipinski definition) is 0. The van der Waals surface area contributed by atoms with Gasteiger partial charge in [0.2, 0.25) is 0 Å². The van der Waals surface area contributed by atoms with E-state index in [1.54, 1.807) is 51.3 Å². The van der Waals surface area contributed by atoms with E-state index < -0.39 is 16.2 Å². The Morgan fingerprint density at radius 3 is 1.50 bits per heavy atom. The summed E-state index contributed by atoms with van der Waals surface area (Å²) in [5.74, 6) is 0.136. The standard InChI is InChI=1S/C22H25NO4S.C16H21NOS.CH4S.Na/c1-14-10-12-19(13-11-14)28(25,26)27-18(5)15(2)23-16(3)22(17(4)24)20-8-6-7-9-21(20)23;1-10(13(4)19-5)17-11(2)16(12(3)18)14-8-6-7-9-15(14)17;1-2;/h6-13,15,18H,1-5H3;6-10,13H,1-5H3;2H,1H3;/q;;;+1/p-1. The van der Waals surface area contributed by atoms with E-state index >= 15 is 0 Å². The first-order valence-electron chi connectivity index (χ1n) is 16.3. The number of Topliss-reactive ketones (excluding diaryl/α,β-unsaturated/α-hetero) is 2. The van der Waals surface area contributed by atoms with Crippen LogP contribution < -0.4 is 29.6 Å². The first-order chi connectivity index (χ1) is 23.1. The minimum Gasteiger partial charge on any atom is -0.796 e. The number of aryl methyl sites for hydroxylation is 1. The normalized spacial score (nSPS) is 13.6. The average Bonchev–Trinajstić information content (AvgIpc) is 3.54. The van der Waals surface area contributed by atoms with E-state index in [0.29, 0.717) is 16.9 Å². The number of rotatable bonds is 10. The van der Waals surface area contributed by atoms with Gasteiger partial charge in [0, 0.05) is 55.6 Å². The van der Waals surface area contributed by atoms with E-state index in [-0.39, 0.29) is 52.1 Å². The molecule has 0 bridgehead atoms. The average molecular weight is 745 g/mol. The van der Waals surface area contributed by atoms with Crippen LogP contribution in [-0.4, -0.2) is 53.0 Å². The summed E-state index contributed by atoms with van der Waals surface area (Å²) in [7, 11) is -3.89. The second-order valence-electron chi connectivity index (χ2n) is 12.3. The van der Waals surface area contributed by atoms with Crippen LogP contribution >= 0.6 is 11.8 Å². The van der Waals surface area contributed by atoms with Crippen molar-refractivity contribution < 1.29 is 51.7 Å². The van der Waals surface area contributed by atoms with Crippen molar-refractivity contribution in [2.75, 3.05) is 12.5 Å². The summed E-state index contributed by atoms with van der Waals surface area (Å²) >= 11 is 5.94. The van der Waals surface area contributed by atoms with Crippen molar-refractivity contribution in [3.8, 4) is 0 Å². The zero-order valence-electron chi connectivity index (χ0n) is 31.4. The summed E-state index contributed by atoms with van der Waals surface area (Å²) in [5.41, 5.74) is 6.46. The molecule has 7 nitrogen and oxygen atoms in total. The van der Waals surface area contributed by atoms with Gasteiger partial charge in [-0.05, 0) is 85.9 Å². The van der Waals surface area contributed by atoms with Crippen molar-refractivity contribution in [2.45, 2.75) is 90.6 Å². The van der Waals surface area contributed by atoms with E-state index in [0.717, 1.165) is 38.8 Å². The SMILES string of the molecule is CC(=O)c1c(C)n(C(C)C(C)OS(=O)(=O)c2ccc(C)cc2)c2ccccc12.CSC(C)C(C)n1c(C)c(C(C)=O)c2ccccc21.C[S-].[Na+]. The monoisotopic (exact) mass is 744 g/mol. The number of benzene rings is 3. The Morgan fingerprint density at radius 2 is 1.10 bits per heavy atom. The number of ketones is 2. The molecule has 0 aliphatic rings. The smallest absolute Gasteiger partial charge is 0.796 e. The summed E-state index contributed by atoms with van der Waals surface area (Å²) < 4.78 is 35.2. The summed E-state index contributed by atoms with van der Waals surface area (Å²) in [6.07, 6.45) is 3.09. The van der Waals surface area contributed by atoms with Crippen molar-refractivity contribution in [3.05, 3.63) is 101 Å². The predicted molar refractivity (Wildman–Crippen MR) is 208 cm³/mol. The largest absolute Gasteiger partial charge is 1.00 e. The maximum atomic E-state index is 12.7. The van der Waals surface area contributed by atoms with Crippen LogP contribution in [0.15, 0.2) is 77.7 Å². The third-order valence-corrected chi connectivity index (χ3v) is 11.7. The molecule has 0 radical (unpaired) electrons. The fourth-order valence-corrected chi connectivity index (χ4v) is 8.03. The van der Waals surface area contributed by atoms with E-state index in [2.05, 4.69) is 50.3 Å². The van der Waals surface area contributed by atoms with Crippen LogP contribution in [0, 0.1) is 20.8 Å². The third-order valence-electron chi connectivity index (χ3n) is 9.15. The van der Waals surface area contributed by atoms with Gasteiger partial charge in [-0.2, -0.15) is 26.4 Å². The van der Waals surface area contributed by atoms with E-state index in [1.165, 1.54) is 5.52 Å². The number of fused-ring (bicyclic) bond motifs is 2. The quantitative estimate of drug-likeness (QED) is 0.0704. The molecule has 2 aromatic heterocycles. The molecule has 50 heavy (non-hydrogen) atoms. The Bertz CT molecular complexity index is 2030. The molecule has 4 unspecified atom stereocenters. The summed E-state index contributed by atoms with van der Waals surface area (Å²) in [4.78, 5) is 24.3. The van der Waals surface area contributed by atoms with Gasteiger partial charge >= 0.3 is 29.6 Å². The molecule has 5 rings (SSSR count).